The summed E-state index contributed by atoms with van der Waals surface area (Å²) in [6.45, 7) is 6.98. The number of carbonyl (C=O) groups is 2. The lowest BCUT2D eigenvalue weighted by molar-refractivity contribution is -0.143. The third-order valence-electron chi connectivity index (χ3n) is 3.81. The molecular formula is C18H21F3N2O3. The van der Waals surface area contributed by atoms with Gasteiger partial charge in [-0.2, -0.15) is 13.2 Å². The summed E-state index contributed by atoms with van der Waals surface area (Å²) in [6.07, 6.45) is -4.84. The third-order valence-corrected chi connectivity index (χ3v) is 3.81. The standard InChI is InChI=1S/C18H21F3N2O3/c1-9(2)14-13(16(24)26-10(3)4)15(23-17(25)22-14)11-5-7-12(8-6-11)18(19,20)21/h5-10,15H,1-4H3,(H2,22,23,25). The van der Waals surface area contributed by atoms with E-state index < -0.39 is 29.8 Å². The summed E-state index contributed by atoms with van der Waals surface area (Å²) in [7, 11) is 0. The fourth-order valence-electron chi connectivity index (χ4n) is 2.66. The Labute approximate surface area is 149 Å². The molecule has 1 aromatic carbocycles. The molecule has 0 aromatic heterocycles. The molecule has 0 aliphatic carbocycles. The van der Waals surface area contributed by atoms with Crippen molar-refractivity contribution >= 4 is 12.0 Å². The van der Waals surface area contributed by atoms with Crippen molar-refractivity contribution in [2.24, 2.45) is 5.92 Å². The van der Waals surface area contributed by atoms with Crippen molar-refractivity contribution in [1.82, 2.24) is 10.6 Å². The van der Waals surface area contributed by atoms with Gasteiger partial charge in [-0.25, -0.2) is 9.59 Å². The summed E-state index contributed by atoms with van der Waals surface area (Å²) in [5.41, 5.74) is 0.139. The minimum Gasteiger partial charge on any atom is -0.459 e. The Hall–Kier alpha value is -2.51. The Morgan fingerprint density at radius 1 is 1.12 bits per heavy atom. The van der Waals surface area contributed by atoms with E-state index in [0.717, 1.165) is 12.1 Å². The molecule has 0 fully saturated rings. The number of hydrogen-bond donors (Lipinski definition) is 2. The maximum atomic E-state index is 12.8. The molecule has 1 aliphatic rings. The topological polar surface area (TPSA) is 67.4 Å². The van der Waals surface area contributed by atoms with Gasteiger partial charge in [0, 0.05) is 5.70 Å². The number of alkyl halides is 3. The number of esters is 1. The van der Waals surface area contributed by atoms with Crippen molar-refractivity contribution in [1.29, 1.82) is 0 Å². The zero-order valence-electron chi connectivity index (χ0n) is 14.9. The Morgan fingerprint density at radius 2 is 1.69 bits per heavy atom. The van der Waals surface area contributed by atoms with Crippen molar-refractivity contribution in [3.63, 3.8) is 0 Å². The first-order chi connectivity index (χ1) is 12.0. The maximum Gasteiger partial charge on any atom is 0.416 e. The Bertz CT molecular complexity index is 722. The number of benzene rings is 1. The van der Waals surface area contributed by atoms with Crippen LogP contribution in [-0.4, -0.2) is 18.1 Å². The number of nitrogens with one attached hydrogen (secondary N) is 2. The Morgan fingerprint density at radius 3 is 2.15 bits per heavy atom. The number of carbonyl (C=O) groups excluding carboxylic acids is 2. The van der Waals surface area contributed by atoms with Gasteiger partial charge in [-0.1, -0.05) is 26.0 Å². The lowest BCUT2D eigenvalue weighted by Gasteiger charge is -2.31. The predicted molar refractivity (Wildman–Crippen MR) is 88.9 cm³/mol. The molecule has 1 heterocycles. The van der Waals surface area contributed by atoms with Gasteiger partial charge in [0.15, 0.2) is 0 Å². The second-order valence-corrected chi connectivity index (χ2v) is 6.59. The second-order valence-electron chi connectivity index (χ2n) is 6.59. The zero-order valence-corrected chi connectivity index (χ0v) is 14.9. The van der Waals surface area contributed by atoms with Crippen LogP contribution in [0.1, 0.15) is 44.9 Å². The highest BCUT2D eigenvalue weighted by atomic mass is 19.4. The fourth-order valence-corrected chi connectivity index (χ4v) is 2.66. The van der Waals surface area contributed by atoms with E-state index in [-0.39, 0.29) is 17.6 Å². The van der Waals surface area contributed by atoms with E-state index in [1.54, 1.807) is 27.7 Å². The molecule has 0 radical (unpaired) electrons. The minimum atomic E-state index is -4.46. The molecule has 2 N–H and O–H groups in total. The van der Waals surface area contributed by atoms with E-state index in [4.69, 9.17) is 4.74 Å². The molecule has 1 aliphatic heterocycles. The lowest BCUT2D eigenvalue weighted by atomic mass is 9.91. The molecule has 1 aromatic rings. The summed E-state index contributed by atoms with van der Waals surface area (Å²) >= 11 is 0. The molecule has 5 nitrogen and oxygen atoms in total. The Balaban J connectivity index is 2.50. The maximum absolute atomic E-state index is 12.8. The van der Waals surface area contributed by atoms with Crippen molar-refractivity contribution in [2.75, 3.05) is 0 Å². The molecule has 2 amide bonds. The van der Waals surface area contributed by atoms with Crippen molar-refractivity contribution in [3.8, 4) is 0 Å². The van der Waals surface area contributed by atoms with Crippen LogP contribution in [0.25, 0.3) is 0 Å². The van der Waals surface area contributed by atoms with Gasteiger partial charge >= 0.3 is 18.2 Å². The van der Waals surface area contributed by atoms with Crippen LogP contribution in [0.3, 0.4) is 0 Å². The van der Waals surface area contributed by atoms with Crippen LogP contribution in [0.2, 0.25) is 0 Å². The third kappa shape index (κ3) is 4.36. The van der Waals surface area contributed by atoms with Crippen LogP contribution in [0.5, 0.6) is 0 Å². The number of rotatable bonds is 4. The second kappa shape index (κ2) is 7.39. The number of ether oxygens (including phenoxy) is 1. The molecular weight excluding hydrogens is 349 g/mol. The lowest BCUT2D eigenvalue weighted by Crippen LogP contribution is -2.47. The van der Waals surface area contributed by atoms with E-state index in [1.165, 1.54) is 12.1 Å². The zero-order chi connectivity index (χ0) is 19.6. The summed E-state index contributed by atoms with van der Waals surface area (Å²) in [4.78, 5) is 24.6. The molecule has 8 heteroatoms. The highest BCUT2D eigenvalue weighted by molar-refractivity contribution is 5.95. The molecule has 0 bridgehead atoms. The first-order valence-electron chi connectivity index (χ1n) is 8.20. The summed E-state index contributed by atoms with van der Waals surface area (Å²) < 4.78 is 43.6. The summed E-state index contributed by atoms with van der Waals surface area (Å²) in [6, 6.07) is 2.92. The number of halogens is 3. The molecule has 1 atom stereocenters. The van der Waals surface area contributed by atoms with Crippen LogP contribution in [-0.2, 0) is 15.7 Å². The molecule has 0 spiro atoms. The minimum absolute atomic E-state index is 0.187. The van der Waals surface area contributed by atoms with Gasteiger partial charge in [0.2, 0.25) is 0 Å². The molecule has 1 unspecified atom stereocenters. The van der Waals surface area contributed by atoms with Crippen molar-refractivity contribution < 1.29 is 27.5 Å². The average molecular weight is 370 g/mol. The Kier molecular flexibility index (Phi) is 5.63. The smallest absolute Gasteiger partial charge is 0.416 e. The molecule has 2 rings (SSSR count). The van der Waals surface area contributed by atoms with Crippen LogP contribution >= 0.6 is 0 Å². The summed E-state index contributed by atoms with van der Waals surface area (Å²) in [5, 5.41) is 5.19. The van der Waals surface area contributed by atoms with Gasteiger partial charge in [-0.05, 0) is 37.5 Å². The average Bonchev–Trinajstić information content (AvgIpc) is 2.52. The van der Waals surface area contributed by atoms with E-state index >= 15 is 0 Å². The van der Waals surface area contributed by atoms with Crippen LogP contribution < -0.4 is 10.6 Å². The van der Waals surface area contributed by atoms with Crippen molar-refractivity contribution in [2.45, 2.75) is 46.0 Å². The van der Waals surface area contributed by atoms with Gasteiger partial charge in [0.1, 0.15) is 0 Å². The van der Waals surface area contributed by atoms with E-state index in [1.807, 2.05) is 0 Å². The fraction of sp³-hybridized carbons (Fsp3) is 0.444. The normalized spacial score (nSPS) is 18.0. The first kappa shape index (κ1) is 19.8. The van der Waals surface area contributed by atoms with Crippen molar-refractivity contribution in [3.05, 3.63) is 46.7 Å². The molecule has 0 saturated carbocycles. The molecule has 0 saturated heterocycles. The first-order valence-corrected chi connectivity index (χ1v) is 8.20. The quantitative estimate of drug-likeness (QED) is 0.790. The monoisotopic (exact) mass is 370 g/mol. The van der Waals surface area contributed by atoms with Gasteiger partial charge in [0.25, 0.3) is 0 Å². The predicted octanol–water partition coefficient (Wildman–Crippen LogP) is 3.92. The van der Waals surface area contributed by atoms with Gasteiger partial charge in [-0.15, -0.1) is 0 Å². The van der Waals surface area contributed by atoms with Gasteiger partial charge in [-0.3, -0.25) is 0 Å². The molecule has 142 valence electrons. The summed E-state index contributed by atoms with van der Waals surface area (Å²) in [5.74, 6) is -0.811. The van der Waals surface area contributed by atoms with Crippen LogP contribution in [0.15, 0.2) is 35.5 Å². The van der Waals surface area contributed by atoms with Crippen LogP contribution in [0.4, 0.5) is 18.0 Å². The van der Waals surface area contributed by atoms with Crippen LogP contribution in [0, 0.1) is 5.92 Å². The SMILES string of the molecule is CC(C)OC(=O)C1=C(C(C)C)NC(=O)NC1c1ccc(C(F)(F)F)cc1. The highest BCUT2D eigenvalue weighted by Crippen LogP contribution is 2.34. The number of amides is 2. The van der Waals surface area contributed by atoms with Gasteiger partial charge < -0.3 is 15.4 Å². The van der Waals surface area contributed by atoms with Gasteiger partial charge in [0.05, 0.1) is 23.3 Å². The van der Waals surface area contributed by atoms with E-state index in [0.29, 0.717) is 11.3 Å². The highest BCUT2D eigenvalue weighted by Gasteiger charge is 2.36. The number of urea groups is 1. The number of allylic oxidation sites excluding steroid dienone is 1. The van der Waals surface area contributed by atoms with E-state index in [9.17, 15) is 22.8 Å². The number of hydrogen-bond acceptors (Lipinski definition) is 3. The molecule has 26 heavy (non-hydrogen) atoms. The largest absolute Gasteiger partial charge is 0.459 e. The van der Waals surface area contributed by atoms with E-state index in [2.05, 4.69) is 10.6 Å².